The Morgan fingerprint density at radius 1 is 1.15 bits per heavy atom. The molecule has 0 aliphatic rings. The SMILES string of the molecule is CS(=O)(=O)c1ccc(NCc2ccc(O)c(F)c2)cc1. The van der Waals surface area contributed by atoms with Crippen molar-refractivity contribution in [2.45, 2.75) is 11.4 Å². The van der Waals surface area contributed by atoms with Crippen molar-refractivity contribution in [1.29, 1.82) is 0 Å². The fourth-order valence-corrected chi connectivity index (χ4v) is 2.31. The Bertz CT molecular complexity index is 712. The zero-order chi connectivity index (χ0) is 14.8. The van der Waals surface area contributed by atoms with Gasteiger partial charge in [-0.1, -0.05) is 6.07 Å². The number of rotatable bonds is 4. The second kappa shape index (κ2) is 5.50. The van der Waals surface area contributed by atoms with Crippen molar-refractivity contribution in [3.05, 3.63) is 53.8 Å². The topological polar surface area (TPSA) is 66.4 Å². The minimum absolute atomic E-state index is 0.249. The van der Waals surface area contributed by atoms with Crippen LogP contribution in [0.4, 0.5) is 10.1 Å². The number of aromatic hydroxyl groups is 1. The molecule has 0 fully saturated rings. The Kier molecular flexibility index (Phi) is 3.94. The number of nitrogens with one attached hydrogen (secondary N) is 1. The molecule has 4 nitrogen and oxygen atoms in total. The van der Waals surface area contributed by atoms with E-state index in [1.165, 1.54) is 24.3 Å². The molecule has 0 atom stereocenters. The second-order valence-electron chi connectivity index (χ2n) is 4.44. The molecule has 0 saturated heterocycles. The molecule has 0 radical (unpaired) electrons. The predicted molar refractivity (Wildman–Crippen MR) is 74.9 cm³/mol. The van der Waals surface area contributed by atoms with Crippen molar-refractivity contribution in [2.75, 3.05) is 11.6 Å². The summed E-state index contributed by atoms with van der Waals surface area (Å²) in [7, 11) is -3.20. The van der Waals surface area contributed by atoms with E-state index in [-0.39, 0.29) is 10.6 Å². The van der Waals surface area contributed by atoms with Gasteiger partial charge in [0.15, 0.2) is 21.4 Å². The highest BCUT2D eigenvalue weighted by Crippen LogP contribution is 2.18. The lowest BCUT2D eigenvalue weighted by Gasteiger charge is -2.08. The van der Waals surface area contributed by atoms with Gasteiger partial charge in [-0.05, 0) is 42.0 Å². The largest absolute Gasteiger partial charge is 0.505 e. The molecule has 0 aromatic heterocycles. The zero-order valence-corrected chi connectivity index (χ0v) is 11.6. The monoisotopic (exact) mass is 295 g/mol. The van der Waals surface area contributed by atoms with E-state index in [2.05, 4.69) is 5.32 Å². The Hall–Kier alpha value is -2.08. The van der Waals surface area contributed by atoms with Gasteiger partial charge in [0, 0.05) is 18.5 Å². The van der Waals surface area contributed by atoms with Crippen molar-refractivity contribution in [3.63, 3.8) is 0 Å². The van der Waals surface area contributed by atoms with Crippen LogP contribution in [0.5, 0.6) is 5.75 Å². The first kappa shape index (κ1) is 14.3. The summed E-state index contributed by atoms with van der Waals surface area (Å²) in [6, 6.07) is 10.5. The van der Waals surface area contributed by atoms with Gasteiger partial charge in [-0.15, -0.1) is 0 Å². The number of hydrogen-bond acceptors (Lipinski definition) is 4. The van der Waals surface area contributed by atoms with Crippen molar-refractivity contribution < 1.29 is 17.9 Å². The molecule has 2 aromatic rings. The van der Waals surface area contributed by atoms with E-state index in [1.807, 2.05) is 0 Å². The average Bonchev–Trinajstić information content (AvgIpc) is 2.40. The van der Waals surface area contributed by atoms with Crippen LogP contribution in [0.1, 0.15) is 5.56 Å². The van der Waals surface area contributed by atoms with Crippen molar-refractivity contribution >= 4 is 15.5 Å². The lowest BCUT2D eigenvalue weighted by atomic mass is 10.2. The normalized spacial score (nSPS) is 11.3. The molecule has 0 spiro atoms. The van der Waals surface area contributed by atoms with Crippen LogP contribution in [0.2, 0.25) is 0 Å². The number of benzene rings is 2. The zero-order valence-electron chi connectivity index (χ0n) is 10.8. The summed E-state index contributed by atoms with van der Waals surface area (Å²) >= 11 is 0. The highest BCUT2D eigenvalue weighted by Gasteiger charge is 2.06. The molecule has 2 aromatic carbocycles. The van der Waals surface area contributed by atoms with Crippen molar-refractivity contribution in [3.8, 4) is 5.75 Å². The molecular formula is C14H14FNO3S. The van der Waals surface area contributed by atoms with Gasteiger partial charge in [0.25, 0.3) is 0 Å². The number of phenolic OH excluding ortho intramolecular Hbond substituents is 1. The second-order valence-corrected chi connectivity index (χ2v) is 6.45. The van der Waals surface area contributed by atoms with Gasteiger partial charge in [0.05, 0.1) is 4.90 Å². The Morgan fingerprint density at radius 3 is 2.35 bits per heavy atom. The molecule has 6 heteroatoms. The van der Waals surface area contributed by atoms with Gasteiger partial charge < -0.3 is 10.4 Å². The number of phenols is 1. The first-order valence-corrected chi connectivity index (χ1v) is 7.77. The fourth-order valence-electron chi connectivity index (χ4n) is 1.68. The highest BCUT2D eigenvalue weighted by molar-refractivity contribution is 7.90. The fraction of sp³-hybridized carbons (Fsp3) is 0.143. The van der Waals surface area contributed by atoms with Crippen LogP contribution in [0.3, 0.4) is 0 Å². The van der Waals surface area contributed by atoms with Crippen LogP contribution in [0.25, 0.3) is 0 Å². The van der Waals surface area contributed by atoms with E-state index >= 15 is 0 Å². The lowest BCUT2D eigenvalue weighted by Crippen LogP contribution is -2.01. The van der Waals surface area contributed by atoms with E-state index in [0.717, 1.165) is 11.9 Å². The number of anilines is 1. The van der Waals surface area contributed by atoms with Crippen molar-refractivity contribution in [2.24, 2.45) is 0 Å². The first-order chi connectivity index (χ1) is 9.36. The molecule has 0 heterocycles. The van der Waals surface area contributed by atoms with Crippen LogP contribution in [-0.4, -0.2) is 19.8 Å². The molecular weight excluding hydrogens is 281 g/mol. The Labute approximate surface area is 116 Å². The molecule has 106 valence electrons. The summed E-state index contributed by atoms with van der Waals surface area (Å²) in [5, 5.41) is 12.1. The molecule has 2 N–H and O–H groups in total. The molecule has 0 amide bonds. The van der Waals surface area contributed by atoms with Crippen LogP contribution >= 0.6 is 0 Å². The molecule has 20 heavy (non-hydrogen) atoms. The molecule has 0 bridgehead atoms. The average molecular weight is 295 g/mol. The van der Waals surface area contributed by atoms with E-state index in [4.69, 9.17) is 5.11 Å². The minimum Gasteiger partial charge on any atom is -0.505 e. The Balaban J connectivity index is 2.06. The van der Waals surface area contributed by atoms with E-state index in [9.17, 15) is 12.8 Å². The van der Waals surface area contributed by atoms with Gasteiger partial charge >= 0.3 is 0 Å². The van der Waals surface area contributed by atoms with E-state index in [1.54, 1.807) is 18.2 Å². The molecule has 0 unspecified atom stereocenters. The summed E-state index contributed by atoms with van der Waals surface area (Å²) in [4.78, 5) is 0.249. The summed E-state index contributed by atoms with van der Waals surface area (Å²) in [5.74, 6) is -1.05. The molecule has 0 aliphatic carbocycles. The number of sulfone groups is 1. The smallest absolute Gasteiger partial charge is 0.175 e. The van der Waals surface area contributed by atoms with Crippen LogP contribution in [0, 0.1) is 5.82 Å². The van der Waals surface area contributed by atoms with Gasteiger partial charge in [0.2, 0.25) is 0 Å². The minimum atomic E-state index is -3.20. The third kappa shape index (κ3) is 3.48. The summed E-state index contributed by atoms with van der Waals surface area (Å²) in [5.41, 5.74) is 1.40. The van der Waals surface area contributed by atoms with E-state index in [0.29, 0.717) is 12.1 Å². The van der Waals surface area contributed by atoms with Crippen molar-refractivity contribution in [1.82, 2.24) is 0 Å². The summed E-state index contributed by atoms with van der Waals surface area (Å²) in [6.07, 6.45) is 1.15. The maximum absolute atomic E-state index is 13.1. The third-order valence-corrected chi connectivity index (χ3v) is 3.92. The van der Waals surface area contributed by atoms with Crippen LogP contribution in [-0.2, 0) is 16.4 Å². The number of hydrogen-bond donors (Lipinski definition) is 2. The summed E-state index contributed by atoms with van der Waals surface area (Å²) < 4.78 is 35.8. The molecule has 2 rings (SSSR count). The maximum Gasteiger partial charge on any atom is 0.175 e. The number of halogens is 1. The summed E-state index contributed by atoms with van der Waals surface area (Å²) in [6.45, 7) is 0.370. The molecule has 0 aliphatic heterocycles. The van der Waals surface area contributed by atoms with Gasteiger partial charge in [-0.2, -0.15) is 0 Å². The van der Waals surface area contributed by atoms with Crippen LogP contribution in [0.15, 0.2) is 47.4 Å². The maximum atomic E-state index is 13.1. The van der Waals surface area contributed by atoms with Gasteiger partial charge in [-0.3, -0.25) is 0 Å². The quantitative estimate of drug-likeness (QED) is 0.909. The van der Waals surface area contributed by atoms with E-state index < -0.39 is 15.7 Å². The van der Waals surface area contributed by atoms with Gasteiger partial charge in [-0.25, -0.2) is 12.8 Å². The highest BCUT2D eigenvalue weighted by atomic mass is 32.2. The molecule has 0 saturated carbocycles. The lowest BCUT2D eigenvalue weighted by molar-refractivity contribution is 0.432. The Morgan fingerprint density at radius 2 is 1.80 bits per heavy atom. The standard InChI is InChI=1S/C14H14FNO3S/c1-20(18,19)12-5-3-11(4-6-12)16-9-10-2-7-14(17)13(15)8-10/h2-8,16-17H,9H2,1H3. The first-order valence-electron chi connectivity index (χ1n) is 5.87. The van der Waals surface area contributed by atoms with Crippen LogP contribution < -0.4 is 5.32 Å². The third-order valence-electron chi connectivity index (χ3n) is 2.79. The predicted octanol–water partition coefficient (Wildman–Crippen LogP) is 2.55. The van der Waals surface area contributed by atoms with Gasteiger partial charge in [0.1, 0.15) is 0 Å².